The van der Waals surface area contributed by atoms with Gasteiger partial charge in [-0.2, -0.15) is 10.2 Å². The SMILES string of the molecule is Nc1ccc(OCCCCCCCCOc2ccc(N=Nc3ccccc3)cc2)c(N)c1. The topological polar surface area (TPSA) is 95.2 Å². The zero-order valence-corrected chi connectivity index (χ0v) is 18.5. The number of hydrogen-bond donors (Lipinski definition) is 2. The Hall–Kier alpha value is -3.54. The van der Waals surface area contributed by atoms with Gasteiger partial charge in [0.15, 0.2) is 0 Å². The van der Waals surface area contributed by atoms with Crippen molar-refractivity contribution in [3.8, 4) is 11.5 Å². The van der Waals surface area contributed by atoms with Crippen LogP contribution in [-0.2, 0) is 0 Å². The van der Waals surface area contributed by atoms with E-state index >= 15 is 0 Å². The van der Waals surface area contributed by atoms with Gasteiger partial charge >= 0.3 is 0 Å². The van der Waals surface area contributed by atoms with Crippen LogP contribution in [0.3, 0.4) is 0 Å². The summed E-state index contributed by atoms with van der Waals surface area (Å²) in [4.78, 5) is 0. The summed E-state index contributed by atoms with van der Waals surface area (Å²) in [7, 11) is 0. The summed E-state index contributed by atoms with van der Waals surface area (Å²) in [6.45, 7) is 1.41. The van der Waals surface area contributed by atoms with Crippen molar-refractivity contribution in [2.75, 3.05) is 24.7 Å². The Kier molecular flexibility index (Phi) is 9.39. The van der Waals surface area contributed by atoms with Gasteiger partial charge in [-0.15, -0.1) is 0 Å². The maximum atomic E-state index is 5.89. The van der Waals surface area contributed by atoms with Gasteiger partial charge in [0.1, 0.15) is 11.5 Å². The first-order valence-electron chi connectivity index (χ1n) is 11.2. The van der Waals surface area contributed by atoms with Crippen LogP contribution in [0.2, 0.25) is 0 Å². The van der Waals surface area contributed by atoms with Crippen molar-refractivity contribution in [2.45, 2.75) is 38.5 Å². The zero-order valence-electron chi connectivity index (χ0n) is 18.5. The predicted octanol–water partition coefficient (Wildman–Crippen LogP) is 7.06. The number of hydrogen-bond acceptors (Lipinski definition) is 6. The maximum Gasteiger partial charge on any atom is 0.142 e. The highest BCUT2D eigenvalue weighted by Crippen LogP contribution is 2.24. The molecule has 0 radical (unpaired) electrons. The van der Waals surface area contributed by atoms with E-state index in [1.54, 1.807) is 12.1 Å². The molecule has 0 fully saturated rings. The summed E-state index contributed by atoms with van der Waals surface area (Å²) in [5.74, 6) is 1.58. The molecule has 0 atom stereocenters. The van der Waals surface area contributed by atoms with Gasteiger partial charge in [0, 0.05) is 5.69 Å². The third-order valence-electron chi connectivity index (χ3n) is 4.97. The van der Waals surface area contributed by atoms with E-state index in [-0.39, 0.29) is 0 Å². The fourth-order valence-corrected chi connectivity index (χ4v) is 3.20. The van der Waals surface area contributed by atoms with Crippen molar-refractivity contribution < 1.29 is 9.47 Å². The molecule has 0 aliphatic carbocycles. The lowest BCUT2D eigenvalue weighted by atomic mass is 10.1. The Bertz CT molecular complexity index is 959. The smallest absolute Gasteiger partial charge is 0.142 e. The van der Waals surface area contributed by atoms with Gasteiger partial charge in [-0.05, 0) is 67.4 Å². The summed E-state index contributed by atoms with van der Waals surface area (Å²) < 4.78 is 11.5. The summed E-state index contributed by atoms with van der Waals surface area (Å²) in [6, 6.07) is 22.8. The third-order valence-corrected chi connectivity index (χ3v) is 4.97. The molecule has 0 saturated heterocycles. The number of ether oxygens (including phenoxy) is 2. The van der Waals surface area contributed by atoms with Crippen LogP contribution in [0.4, 0.5) is 22.7 Å². The Labute approximate surface area is 190 Å². The fourth-order valence-electron chi connectivity index (χ4n) is 3.20. The van der Waals surface area contributed by atoms with Crippen LogP contribution in [-0.4, -0.2) is 13.2 Å². The molecule has 0 heterocycles. The number of anilines is 2. The van der Waals surface area contributed by atoms with E-state index in [0.717, 1.165) is 49.4 Å². The van der Waals surface area contributed by atoms with Crippen molar-refractivity contribution in [1.29, 1.82) is 0 Å². The minimum absolute atomic E-state index is 0.594. The van der Waals surface area contributed by atoms with E-state index in [1.165, 1.54) is 12.8 Å². The van der Waals surface area contributed by atoms with Gasteiger partial charge in [0.05, 0.1) is 30.3 Å². The van der Waals surface area contributed by atoms with Crippen LogP contribution in [0.5, 0.6) is 11.5 Å². The first kappa shape index (κ1) is 23.1. The van der Waals surface area contributed by atoms with Crippen molar-refractivity contribution in [3.05, 3.63) is 72.8 Å². The first-order valence-corrected chi connectivity index (χ1v) is 11.2. The predicted molar refractivity (Wildman–Crippen MR) is 131 cm³/mol. The summed E-state index contributed by atoms with van der Waals surface area (Å²) in [5, 5.41) is 8.46. The van der Waals surface area contributed by atoms with Gasteiger partial charge in [-0.1, -0.05) is 43.9 Å². The Morgan fingerprint density at radius 2 is 1.19 bits per heavy atom. The van der Waals surface area contributed by atoms with Crippen molar-refractivity contribution in [2.24, 2.45) is 10.2 Å². The van der Waals surface area contributed by atoms with Crippen molar-refractivity contribution >= 4 is 22.7 Å². The molecule has 3 aromatic carbocycles. The number of unbranched alkanes of at least 4 members (excludes halogenated alkanes) is 5. The fraction of sp³-hybridized carbons (Fsp3) is 0.308. The molecule has 0 aliphatic heterocycles. The van der Waals surface area contributed by atoms with Crippen LogP contribution < -0.4 is 20.9 Å². The first-order chi connectivity index (χ1) is 15.7. The number of benzene rings is 3. The van der Waals surface area contributed by atoms with E-state index in [0.29, 0.717) is 23.7 Å². The quantitative estimate of drug-likeness (QED) is 0.172. The summed E-state index contributed by atoms with van der Waals surface area (Å²) in [6.07, 6.45) is 6.78. The number of nitrogen functional groups attached to an aromatic ring is 2. The van der Waals surface area contributed by atoms with E-state index in [4.69, 9.17) is 20.9 Å². The highest BCUT2D eigenvalue weighted by Gasteiger charge is 2.01. The largest absolute Gasteiger partial charge is 0.494 e. The molecule has 168 valence electrons. The van der Waals surface area contributed by atoms with Crippen LogP contribution >= 0.6 is 0 Å². The van der Waals surface area contributed by atoms with Gasteiger partial charge in [-0.25, -0.2) is 0 Å². The van der Waals surface area contributed by atoms with Gasteiger partial charge < -0.3 is 20.9 Å². The monoisotopic (exact) mass is 432 g/mol. The molecule has 0 aromatic heterocycles. The molecule has 0 spiro atoms. The minimum Gasteiger partial charge on any atom is -0.494 e. The molecule has 0 saturated carbocycles. The van der Waals surface area contributed by atoms with Crippen LogP contribution in [0.25, 0.3) is 0 Å². The molecule has 3 rings (SSSR count). The standard InChI is InChI=1S/C26H32N4O2/c27-21-12-17-26(25(28)20-21)32-19-9-4-2-1-3-8-18-31-24-15-13-23(14-16-24)30-29-22-10-6-5-7-11-22/h5-7,10-17,20H,1-4,8-9,18-19,27-28H2. The van der Waals surface area contributed by atoms with E-state index < -0.39 is 0 Å². The van der Waals surface area contributed by atoms with E-state index in [1.807, 2.05) is 60.7 Å². The number of nitrogens with zero attached hydrogens (tertiary/aromatic N) is 2. The van der Waals surface area contributed by atoms with E-state index in [2.05, 4.69) is 10.2 Å². The average molecular weight is 433 g/mol. The third kappa shape index (κ3) is 8.30. The second-order valence-corrected chi connectivity index (χ2v) is 7.64. The lowest BCUT2D eigenvalue weighted by Crippen LogP contribution is -2.01. The van der Waals surface area contributed by atoms with Crippen molar-refractivity contribution in [3.63, 3.8) is 0 Å². The van der Waals surface area contributed by atoms with Crippen LogP contribution in [0.1, 0.15) is 38.5 Å². The lowest BCUT2D eigenvalue weighted by Gasteiger charge is -2.09. The Balaban J connectivity index is 1.20. The second-order valence-electron chi connectivity index (χ2n) is 7.64. The summed E-state index contributed by atoms with van der Waals surface area (Å²) >= 11 is 0. The van der Waals surface area contributed by atoms with Crippen LogP contribution in [0, 0.1) is 0 Å². The molecule has 6 heteroatoms. The number of rotatable bonds is 13. The highest BCUT2D eigenvalue weighted by atomic mass is 16.5. The Morgan fingerprint density at radius 1 is 0.594 bits per heavy atom. The molecule has 0 amide bonds. The summed E-state index contributed by atoms with van der Waals surface area (Å²) in [5.41, 5.74) is 14.5. The molecular formula is C26H32N4O2. The second kappa shape index (κ2) is 13.0. The molecule has 4 N–H and O–H groups in total. The minimum atomic E-state index is 0.594. The molecule has 32 heavy (non-hydrogen) atoms. The van der Waals surface area contributed by atoms with Gasteiger partial charge in [-0.3, -0.25) is 0 Å². The number of azo groups is 1. The lowest BCUT2D eigenvalue weighted by molar-refractivity contribution is 0.297. The molecule has 0 bridgehead atoms. The van der Waals surface area contributed by atoms with Crippen molar-refractivity contribution in [1.82, 2.24) is 0 Å². The molecular weight excluding hydrogens is 400 g/mol. The molecule has 3 aromatic rings. The highest BCUT2D eigenvalue weighted by molar-refractivity contribution is 5.60. The average Bonchev–Trinajstić information content (AvgIpc) is 2.81. The maximum absolute atomic E-state index is 5.89. The Morgan fingerprint density at radius 3 is 1.84 bits per heavy atom. The normalized spacial score (nSPS) is 11.0. The van der Waals surface area contributed by atoms with Gasteiger partial charge in [0.2, 0.25) is 0 Å². The number of nitrogens with two attached hydrogens (primary N) is 2. The van der Waals surface area contributed by atoms with Gasteiger partial charge in [0.25, 0.3) is 0 Å². The molecule has 0 aliphatic rings. The van der Waals surface area contributed by atoms with E-state index in [9.17, 15) is 0 Å². The molecule has 0 unspecified atom stereocenters. The molecule has 6 nitrogen and oxygen atoms in total. The zero-order chi connectivity index (χ0) is 22.4. The van der Waals surface area contributed by atoms with Crippen LogP contribution in [0.15, 0.2) is 83.0 Å².